The molecule has 7 nitrogen and oxygen atoms in total. The normalized spacial score (nSPS) is 21.8. The molecule has 2 aliphatic heterocycles. The fourth-order valence-corrected chi connectivity index (χ4v) is 4.82. The monoisotopic (exact) mass is 448 g/mol. The molecule has 2 aromatic rings. The standard InChI is InChI=1S/C15H18N4OS2.C2HF3O2/c1-10-17-11(9-22-10)7-19-12-2-4-18(13(12)6-15(19)20)8-14-16-3-5-21-14;3-2(4,5)1(6)7/h3,5,9,12-13H,2,4,6-8H2,1H3;(H,6,7)/t12-,13+;/m0./s1. The molecule has 12 heteroatoms. The summed E-state index contributed by atoms with van der Waals surface area (Å²) in [6, 6.07) is 0.686. The predicted octanol–water partition coefficient (Wildman–Crippen LogP) is 2.92. The minimum atomic E-state index is -5.08. The third-order valence-corrected chi connectivity index (χ3v) is 6.38. The largest absolute Gasteiger partial charge is 0.490 e. The Kier molecular flexibility index (Phi) is 6.54. The lowest BCUT2D eigenvalue weighted by Gasteiger charge is -2.24. The Hall–Kier alpha value is -2.05. The van der Waals surface area contributed by atoms with Gasteiger partial charge >= 0.3 is 12.1 Å². The van der Waals surface area contributed by atoms with E-state index in [1.54, 1.807) is 22.7 Å². The molecule has 0 aliphatic carbocycles. The van der Waals surface area contributed by atoms with Gasteiger partial charge in [-0.05, 0) is 13.3 Å². The topological polar surface area (TPSA) is 86.6 Å². The van der Waals surface area contributed by atoms with Gasteiger partial charge in [0.25, 0.3) is 0 Å². The van der Waals surface area contributed by atoms with Gasteiger partial charge in [-0.1, -0.05) is 0 Å². The molecule has 158 valence electrons. The fourth-order valence-electron chi connectivity index (χ4n) is 3.57. The second-order valence-corrected chi connectivity index (χ2v) is 8.75. The molecule has 2 aromatic heterocycles. The minimum Gasteiger partial charge on any atom is -0.475 e. The van der Waals surface area contributed by atoms with Gasteiger partial charge in [-0.3, -0.25) is 9.69 Å². The van der Waals surface area contributed by atoms with Crippen LogP contribution in [0.1, 0.15) is 28.6 Å². The molecule has 0 aromatic carbocycles. The first-order valence-corrected chi connectivity index (χ1v) is 10.5. The van der Waals surface area contributed by atoms with Gasteiger partial charge in [0.15, 0.2) is 0 Å². The van der Waals surface area contributed by atoms with Crippen molar-refractivity contribution in [1.82, 2.24) is 19.8 Å². The Bertz CT molecular complexity index is 856. The molecular weight excluding hydrogens is 429 g/mol. The number of carboxylic acids is 1. The summed E-state index contributed by atoms with van der Waals surface area (Å²) in [5.41, 5.74) is 1.02. The lowest BCUT2D eigenvalue weighted by atomic mass is 10.1. The highest BCUT2D eigenvalue weighted by Crippen LogP contribution is 2.34. The maximum absolute atomic E-state index is 12.4. The van der Waals surface area contributed by atoms with Gasteiger partial charge in [0.1, 0.15) is 5.01 Å². The summed E-state index contributed by atoms with van der Waals surface area (Å²) < 4.78 is 31.7. The highest BCUT2D eigenvalue weighted by Gasteiger charge is 2.46. The van der Waals surface area contributed by atoms with Crippen molar-refractivity contribution in [2.45, 2.75) is 51.1 Å². The molecule has 0 bridgehead atoms. The van der Waals surface area contributed by atoms with Crippen LogP contribution in [0.5, 0.6) is 0 Å². The molecule has 0 spiro atoms. The number of carbonyl (C=O) groups is 2. The Morgan fingerprint density at radius 2 is 2.03 bits per heavy atom. The number of thiazole rings is 2. The number of rotatable bonds is 4. The number of aromatic nitrogens is 2. The van der Waals surface area contributed by atoms with Crippen molar-refractivity contribution < 1.29 is 27.9 Å². The van der Waals surface area contributed by atoms with Crippen molar-refractivity contribution in [1.29, 1.82) is 0 Å². The van der Waals surface area contributed by atoms with Gasteiger partial charge in [0.2, 0.25) is 5.91 Å². The summed E-state index contributed by atoms with van der Waals surface area (Å²) in [7, 11) is 0. The first-order valence-electron chi connectivity index (χ1n) is 8.78. The SMILES string of the molecule is Cc1nc(CN2C(=O)C[C@@H]3[C@@H]2CCN3Cc2nccs2)cs1.O=C(O)C(F)(F)F. The number of nitrogens with zero attached hydrogens (tertiary/aromatic N) is 4. The van der Waals surface area contributed by atoms with Crippen molar-refractivity contribution in [2.75, 3.05) is 6.54 Å². The molecule has 2 saturated heterocycles. The van der Waals surface area contributed by atoms with E-state index in [0.717, 1.165) is 35.2 Å². The van der Waals surface area contributed by atoms with Gasteiger partial charge < -0.3 is 10.0 Å². The Labute approximate surface area is 172 Å². The third-order valence-electron chi connectivity index (χ3n) is 4.79. The quantitative estimate of drug-likeness (QED) is 0.774. The average molecular weight is 448 g/mol. The minimum absolute atomic E-state index is 0.268. The summed E-state index contributed by atoms with van der Waals surface area (Å²) in [5.74, 6) is -2.49. The Balaban J connectivity index is 0.000000298. The van der Waals surface area contributed by atoms with Crippen molar-refractivity contribution in [3.63, 3.8) is 0 Å². The van der Waals surface area contributed by atoms with Crippen LogP contribution in [0.2, 0.25) is 0 Å². The van der Waals surface area contributed by atoms with Gasteiger partial charge in [-0.25, -0.2) is 14.8 Å². The molecule has 0 unspecified atom stereocenters. The number of hydrogen-bond donors (Lipinski definition) is 1. The van der Waals surface area contributed by atoms with Crippen molar-refractivity contribution in [3.8, 4) is 0 Å². The highest BCUT2D eigenvalue weighted by atomic mass is 32.1. The van der Waals surface area contributed by atoms with E-state index in [4.69, 9.17) is 9.90 Å². The van der Waals surface area contributed by atoms with E-state index in [9.17, 15) is 18.0 Å². The van der Waals surface area contributed by atoms with Gasteiger partial charge in [0.05, 0.1) is 23.8 Å². The zero-order valence-corrected chi connectivity index (χ0v) is 17.1. The number of halogens is 3. The maximum Gasteiger partial charge on any atom is 0.490 e. The third kappa shape index (κ3) is 5.31. The van der Waals surface area contributed by atoms with Crippen LogP contribution >= 0.6 is 22.7 Å². The molecule has 4 heterocycles. The van der Waals surface area contributed by atoms with Crippen LogP contribution in [0, 0.1) is 6.92 Å². The number of carbonyl (C=O) groups excluding carboxylic acids is 1. The molecular formula is C17H19F3N4O3S2. The summed E-state index contributed by atoms with van der Waals surface area (Å²) in [6.07, 6.45) is -1.53. The van der Waals surface area contributed by atoms with Gasteiger partial charge in [0, 0.05) is 42.0 Å². The van der Waals surface area contributed by atoms with Crippen LogP contribution < -0.4 is 0 Å². The van der Waals surface area contributed by atoms with Crippen LogP contribution in [-0.4, -0.2) is 61.6 Å². The van der Waals surface area contributed by atoms with Crippen LogP contribution in [0.4, 0.5) is 13.2 Å². The number of amides is 1. The molecule has 29 heavy (non-hydrogen) atoms. The fraction of sp³-hybridized carbons (Fsp3) is 0.529. The molecule has 0 saturated carbocycles. The first-order chi connectivity index (χ1) is 13.6. The highest BCUT2D eigenvalue weighted by molar-refractivity contribution is 7.09. The second-order valence-electron chi connectivity index (χ2n) is 6.71. The van der Waals surface area contributed by atoms with Crippen molar-refractivity contribution in [3.05, 3.63) is 32.7 Å². The van der Waals surface area contributed by atoms with E-state index in [1.165, 1.54) is 0 Å². The van der Waals surface area contributed by atoms with Crippen molar-refractivity contribution >= 4 is 34.6 Å². The number of aryl methyl sites for hydroxylation is 1. The van der Waals surface area contributed by atoms with Crippen LogP contribution in [0.15, 0.2) is 17.0 Å². The van der Waals surface area contributed by atoms with Gasteiger partial charge in [-0.15, -0.1) is 22.7 Å². The lowest BCUT2D eigenvalue weighted by molar-refractivity contribution is -0.192. The van der Waals surface area contributed by atoms with E-state index in [-0.39, 0.29) is 5.91 Å². The number of hydrogen-bond acceptors (Lipinski definition) is 7. The summed E-state index contributed by atoms with van der Waals surface area (Å²) in [6.45, 7) is 4.59. The molecule has 1 amide bonds. The molecule has 0 radical (unpaired) electrons. The molecule has 4 rings (SSSR count). The Morgan fingerprint density at radius 3 is 2.59 bits per heavy atom. The van der Waals surface area contributed by atoms with E-state index in [0.29, 0.717) is 25.0 Å². The van der Waals surface area contributed by atoms with Crippen LogP contribution in [0.3, 0.4) is 0 Å². The lowest BCUT2D eigenvalue weighted by Crippen LogP contribution is -2.36. The molecule has 2 fully saturated rings. The van der Waals surface area contributed by atoms with E-state index in [1.807, 2.05) is 23.4 Å². The number of likely N-dealkylation sites (tertiary alicyclic amines) is 2. The molecule has 2 aliphatic rings. The van der Waals surface area contributed by atoms with Gasteiger partial charge in [-0.2, -0.15) is 13.2 Å². The van der Waals surface area contributed by atoms with Crippen LogP contribution in [0.25, 0.3) is 0 Å². The number of alkyl halides is 3. The number of aliphatic carboxylic acids is 1. The summed E-state index contributed by atoms with van der Waals surface area (Å²) >= 11 is 3.34. The second kappa shape index (κ2) is 8.76. The Morgan fingerprint density at radius 1 is 1.31 bits per heavy atom. The van der Waals surface area contributed by atoms with E-state index >= 15 is 0 Å². The average Bonchev–Trinajstić information content (AvgIpc) is 3.39. The summed E-state index contributed by atoms with van der Waals surface area (Å²) in [4.78, 5) is 34.6. The summed E-state index contributed by atoms with van der Waals surface area (Å²) in [5, 5.41) is 13.4. The van der Waals surface area contributed by atoms with E-state index in [2.05, 4.69) is 20.2 Å². The number of carboxylic acid groups (broad SMARTS) is 1. The maximum atomic E-state index is 12.4. The zero-order valence-electron chi connectivity index (χ0n) is 15.4. The predicted molar refractivity (Wildman–Crippen MR) is 100 cm³/mol. The number of fused-ring (bicyclic) bond motifs is 1. The molecule has 2 atom stereocenters. The smallest absolute Gasteiger partial charge is 0.475 e. The van der Waals surface area contributed by atoms with Crippen molar-refractivity contribution in [2.24, 2.45) is 0 Å². The first kappa shape index (κ1) is 21.7. The molecule has 1 N–H and O–H groups in total. The zero-order chi connectivity index (χ0) is 21.2. The van der Waals surface area contributed by atoms with E-state index < -0.39 is 12.1 Å². The van der Waals surface area contributed by atoms with Crippen LogP contribution in [-0.2, 0) is 22.7 Å².